The first kappa shape index (κ1) is 7.50. The average Bonchev–Trinajstić information content (AvgIpc) is 2.56. The lowest BCUT2D eigenvalue weighted by Crippen LogP contribution is -1.79. The number of furan rings is 1. The molecule has 0 aliphatic heterocycles. The largest absolute Gasteiger partial charge is 0.454 e. The number of hydrogen-bond acceptors (Lipinski definition) is 3. The molecular weight excluding hydrogens is 176 g/mol. The summed E-state index contributed by atoms with van der Waals surface area (Å²) >= 11 is 0. The van der Waals surface area contributed by atoms with Gasteiger partial charge in [0.1, 0.15) is 11.1 Å². The van der Waals surface area contributed by atoms with Crippen molar-refractivity contribution in [3.05, 3.63) is 36.3 Å². The fourth-order valence-electron chi connectivity index (χ4n) is 1.59. The van der Waals surface area contributed by atoms with Crippen molar-refractivity contribution in [2.75, 3.05) is 0 Å². The molecule has 3 nitrogen and oxygen atoms in total. The Morgan fingerprint density at radius 2 is 2.07 bits per heavy atom. The van der Waals surface area contributed by atoms with Crippen molar-refractivity contribution in [1.82, 2.24) is 9.97 Å². The van der Waals surface area contributed by atoms with Gasteiger partial charge in [-0.3, -0.25) is 4.98 Å². The molecule has 0 atom stereocenters. The van der Waals surface area contributed by atoms with Crippen molar-refractivity contribution in [2.24, 2.45) is 0 Å². The molecule has 0 bridgehead atoms. The molecule has 0 fully saturated rings. The molecular formula is C11H8N2O. The highest BCUT2D eigenvalue weighted by Crippen LogP contribution is 2.25. The van der Waals surface area contributed by atoms with E-state index in [1.165, 1.54) is 0 Å². The summed E-state index contributed by atoms with van der Waals surface area (Å²) in [6.45, 7) is 1.97. The Balaban J connectivity index is 2.58. The lowest BCUT2D eigenvalue weighted by Gasteiger charge is -1.90. The normalized spacial score (nSPS) is 11.2. The van der Waals surface area contributed by atoms with Crippen LogP contribution in [0.5, 0.6) is 0 Å². The van der Waals surface area contributed by atoms with Crippen LogP contribution in [0.4, 0.5) is 0 Å². The van der Waals surface area contributed by atoms with Gasteiger partial charge in [-0.15, -0.1) is 0 Å². The monoisotopic (exact) mass is 184 g/mol. The lowest BCUT2D eigenvalue weighted by molar-refractivity contribution is 0.667. The van der Waals surface area contributed by atoms with Gasteiger partial charge in [-0.1, -0.05) is 0 Å². The van der Waals surface area contributed by atoms with Crippen molar-refractivity contribution >= 4 is 22.1 Å². The van der Waals surface area contributed by atoms with Gasteiger partial charge in [0, 0.05) is 18.1 Å². The van der Waals surface area contributed by atoms with Crippen LogP contribution in [0.1, 0.15) is 5.69 Å². The van der Waals surface area contributed by atoms with Gasteiger partial charge < -0.3 is 4.42 Å². The quantitative estimate of drug-likeness (QED) is 0.539. The molecule has 0 saturated heterocycles. The number of hydrogen-bond donors (Lipinski definition) is 0. The van der Waals surface area contributed by atoms with E-state index in [0.29, 0.717) is 0 Å². The summed E-state index contributed by atoms with van der Waals surface area (Å²) < 4.78 is 5.60. The Labute approximate surface area is 80.4 Å². The molecule has 0 radical (unpaired) electrons. The van der Waals surface area contributed by atoms with Crippen LogP contribution >= 0.6 is 0 Å². The SMILES string of the molecule is Cc1ccc2oc3ccncc3c2n1. The molecule has 0 amide bonds. The van der Waals surface area contributed by atoms with Crippen molar-refractivity contribution < 1.29 is 4.42 Å². The number of rotatable bonds is 0. The fourth-order valence-corrected chi connectivity index (χ4v) is 1.59. The molecule has 0 aromatic carbocycles. The maximum absolute atomic E-state index is 5.60. The highest BCUT2D eigenvalue weighted by molar-refractivity contribution is 6.01. The molecule has 0 aliphatic carbocycles. The molecule has 0 spiro atoms. The first-order valence-electron chi connectivity index (χ1n) is 4.44. The van der Waals surface area contributed by atoms with Crippen LogP contribution in [0.25, 0.3) is 22.1 Å². The maximum atomic E-state index is 5.60. The van der Waals surface area contributed by atoms with Gasteiger partial charge in [0.25, 0.3) is 0 Å². The molecule has 0 unspecified atom stereocenters. The van der Waals surface area contributed by atoms with E-state index in [-0.39, 0.29) is 0 Å². The molecule has 3 aromatic rings. The zero-order valence-electron chi connectivity index (χ0n) is 7.69. The first-order valence-corrected chi connectivity index (χ1v) is 4.44. The molecule has 14 heavy (non-hydrogen) atoms. The van der Waals surface area contributed by atoms with Crippen molar-refractivity contribution in [3.63, 3.8) is 0 Å². The summed E-state index contributed by atoms with van der Waals surface area (Å²) in [7, 11) is 0. The van der Waals surface area contributed by atoms with Gasteiger partial charge in [-0.25, -0.2) is 4.98 Å². The lowest BCUT2D eigenvalue weighted by atomic mass is 10.2. The second-order valence-corrected chi connectivity index (χ2v) is 3.27. The van der Waals surface area contributed by atoms with Crippen molar-refractivity contribution in [2.45, 2.75) is 6.92 Å². The zero-order valence-corrected chi connectivity index (χ0v) is 7.69. The molecule has 3 rings (SSSR count). The molecule has 0 saturated carbocycles. The number of nitrogens with zero attached hydrogens (tertiary/aromatic N) is 2. The topological polar surface area (TPSA) is 38.9 Å². The second kappa shape index (κ2) is 2.54. The van der Waals surface area contributed by atoms with Gasteiger partial charge in [0.2, 0.25) is 0 Å². The van der Waals surface area contributed by atoms with Crippen molar-refractivity contribution in [1.29, 1.82) is 0 Å². The molecule has 68 valence electrons. The Bertz CT molecular complexity index is 613. The Hall–Kier alpha value is -1.90. The third-order valence-electron chi connectivity index (χ3n) is 2.25. The predicted molar refractivity (Wildman–Crippen MR) is 54.0 cm³/mol. The Morgan fingerprint density at radius 1 is 1.14 bits per heavy atom. The maximum Gasteiger partial charge on any atom is 0.153 e. The van der Waals surface area contributed by atoms with Crippen LogP contribution in [-0.2, 0) is 0 Å². The number of fused-ring (bicyclic) bond motifs is 3. The van der Waals surface area contributed by atoms with Gasteiger partial charge in [0.15, 0.2) is 5.58 Å². The van der Waals surface area contributed by atoms with Gasteiger partial charge in [-0.2, -0.15) is 0 Å². The number of pyridine rings is 2. The third kappa shape index (κ3) is 0.923. The van der Waals surface area contributed by atoms with E-state index in [0.717, 1.165) is 27.8 Å². The molecule has 3 heterocycles. The van der Waals surface area contributed by atoms with E-state index in [1.807, 2.05) is 25.1 Å². The van der Waals surface area contributed by atoms with Crippen LogP contribution in [0.2, 0.25) is 0 Å². The van der Waals surface area contributed by atoms with E-state index >= 15 is 0 Å². The van der Waals surface area contributed by atoms with Gasteiger partial charge in [0.05, 0.1) is 5.39 Å². The summed E-state index contributed by atoms with van der Waals surface area (Å²) in [6.07, 6.45) is 3.51. The molecule has 0 aliphatic rings. The minimum absolute atomic E-state index is 0.818. The zero-order chi connectivity index (χ0) is 9.54. The smallest absolute Gasteiger partial charge is 0.153 e. The van der Waals surface area contributed by atoms with E-state index in [2.05, 4.69) is 9.97 Å². The summed E-state index contributed by atoms with van der Waals surface area (Å²) in [5.41, 5.74) is 3.55. The summed E-state index contributed by atoms with van der Waals surface area (Å²) in [5, 5.41) is 0.978. The highest BCUT2D eigenvalue weighted by Gasteiger charge is 2.06. The summed E-state index contributed by atoms with van der Waals surface area (Å²) in [4.78, 5) is 8.49. The fraction of sp³-hybridized carbons (Fsp3) is 0.0909. The van der Waals surface area contributed by atoms with Crippen LogP contribution in [0, 0.1) is 6.92 Å². The van der Waals surface area contributed by atoms with E-state index < -0.39 is 0 Å². The van der Waals surface area contributed by atoms with Gasteiger partial charge in [-0.05, 0) is 25.1 Å². The minimum atomic E-state index is 0.818. The average molecular weight is 184 g/mol. The standard InChI is InChI=1S/C11H8N2O/c1-7-2-3-10-11(13-7)8-6-12-5-4-9(8)14-10/h2-6H,1H3. The van der Waals surface area contributed by atoms with Crippen LogP contribution in [-0.4, -0.2) is 9.97 Å². The summed E-state index contributed by atoms with van der Waals surface area (Å²) in [6, 6.07) is 5.74. The van der Waals surface area contributed by atoms with E-state index in [4.69, 9.17) is 4.42 Å². The number of aryl methyl sites for hydroxylation is 1. The van der Waals surface area contributed by atoms with E-state index in [9.17, 15) is 0 Å². The second-order valence-electron chi connectivity index (χ2n) is 3.27. The van der Waals surface area contributed by atoms with Crippen LogP contribution in [0.3, 0.4) is 0 Å². The minimum Gasteiger partial charge on any atom is -0.454 e. The highest BCUT2D eigenvalue weighted by atomic mass is 16.3. The Morgan fingerprint density at radius 3 is 3.00 bits per heavy atom. The number of aromatic nitrogens is 2. The summed E-state index contributed by atoms with van der Waals surface area (Å²) in [5.74, 6) is 0. The van der Waals surface area contributed by atoms with Gasteiger partial charge >= 0.3 is 0 Å². The molecule has 3 heteroatoms. The van der Waals surface area contributed by atoms with E-state index in [1.54, 1.807) is 12.4 Å². The molecule has 0 N–H and O–H groups in total. The van der Waals surface area contributed by atoms with Crippen molar-refractivity contribution in [3.8, 4) is 0 Å². The van der Waals surface area contributed by atoms with Crippen LogP contribution < -0.4 is 0 Å². The first-order chi connectivity index (χ1) is 6.84. The molecule has 3 aromatic heterocycles. The third-order valence-corrected chi connectivity index (χ3v) is 2.25. The Kier molecular flexibility index (Phi) is 1.36. The van der Waals surface area contributed by atoms with Crippen LogP contribution in [0.15, 0.2) is 35.0 Å². The predicted octanol–water partition coefficient (Wildman–Crippen LogP) is 2.68.